The zero-order valence-electron chi connectivity index (χ0n) is 18.6. The molecular weight excluding hydrogens is 388 g/mol. The highest BCUT2D eigenvalue weighted by Crippen LogP contribution is 2.25. The second-order valence-electron chi connectivity index (χ2n) is 8.05. The van der Waals surface area contributed by atoms with Crippen LogP contribution in [0.15, 0.2) is 66.7 Å². The quantitative estimate of drug-likeness (QED) is 0.587. The van der Waals surface area contributed by atoms with E-state index < -0.39 is 6.04 Å². The molecule has 3 rings (SSSR count). The Bertz CT molecular complexity index is 1060. The second kappa shape index (κ2) is 10.1. The van der Waals surface area contributed by atoms with Gasteiger partial charge >= 0.3 is 0 Å². The predicted octanol–water partition coefficient (Wildman–Crippen LogP) is 4.47. The van der Waals surface area contributed by atoms with Gasteiger partial charge in [0.05, 0.1) is 0 Å². The van der Waals surface area contributed by atoms with E-state index in [4.69, 9.17) is 4.74 Å². The van der Waals surface area contributed by atoms with Crippen LogP contribution in [0.3, 0.4) is 0 Å². The molecule has 31 heavy (non-hydrogen) atoms. The van der Waals surface area contributed by atoms with Crippen molar-refractivity contribution in [3.63, 3.8) is 0 Å². The number of fused-ring (bicyclic) bond motifs is 1. The highest BCUT2D eigenvalue weighted by molar-refractivity contribution is 5.90. The number of aryl methyl sites for hydroxylation is 1. The summed E-state index contributed by atoms with van der Waals surface area (Å²) in [6.07, 6.45) is 0. The maximum atomic E-state index is 13.2. The number of carbonyl (C=O) groups excluding carboxylic acids is 2. The van der Waals surface area contributed by atoms with Crippen molar-refractivity contribution in [2.45, 2.75) is 46.3 Å². The van der Waals surface area contributed by atoms with Crippen molar-refractivity contribution in [3.05, 3.63) is 77.9 Å². The molecule has 1 atom stereocenters. The molecule has 1 N–H and O–H groups in total. The lowest BCUT2D eigenvalue weighted by atomic mass is 10.1. The number of benzene rings is 3. The van der Waals surface area contributed by atoms with E-state index in [1.54, 1.807) is 11.8 Å². The third kappa shape index (κ3) is 5.63. The fourth-order valence-corrected chi connectivity index (χ4v) is 3.50. The summed E-state index contributed by atoms with van der Waals surface area (Å²) in [5, 5.41) is 4.91. The minimum atomic E-state index is -0.620. The molecule has 0 aliphatic rings. The standard InChI is InChI=1S/C26H30N2O3/c1-18(2)27-26(30)20(4)28(16-22-12-6-5-10-19(22)3)25(29)17-31-24-15-9-13-21-11-7-8-14-23(21)24/h5-15,18,20H,16-17H2,1-4H3,(H,27,30)/t20-/m1/s1. The van der Waals surface area contributed by atoms with Gasteiger partial charge in [0, 0.05) is 18.0 Å². The molecule has 3 aromatic rings. The first-order valence-corrected chi connectivity index (χ1v) is 10.6. The molecule has 0 fully saturated rings. The lowest BCUT2D eigenvalue weighted by Crippen LogP contribution is -2.50. The molecule has 3 aromatic carbocycles. The molecule has 0 unspecified atom stereocenters. The van der Waals surface area contributed by atoms with E-state index in [1.807, 2.05) is 87.5 Å². The third-order valence-corrected chi connectivity index (χ3v) is 5.30. The number of nitrogens with zero attached hydrogens (tertiary/aromatic N) is 1. The molecular formula is C26H30N2O3. The molecule has 0 aliphatic heterocycles. The zero-order valence-corrected chi connectivity index (χ0v) is 18.6. The van der Waals surface area contributed by atoms with Gasteiger partial charge in [0.15, 0.2) is 6.61 Å². The molecule has 0 spiro atoms. The lowest BCUT2D eigenvalue weighted by Gasteiger charge is -2.30. The van der Waals surface area contributed by atoms with Gasteiger partial charge < -0.3 is 15.0 Å². The first-order valence-electron chi connectivity index (χ1n) is 10.6. The van der Waals surface area contributed by atoms with E-state index in [2.05, 4.69) is 5.32 Å². The van der Waals surface area contributed by atoms with Gasteiger partial charge in [-0.15, -0.1) is 0 Å². The Hall–Kier alpha value is -3.34. The summed E-state index contributed by atoms with van der Waals surface area (Å²) < 4.78 is 5.92. The van der Waals surface area contributed by atoms with Crippen molar-refractivity contribution in [2.75, 3.05) is 6.61 Å². The van der Waals surface area contributed by atoms with Gasteiger partial charge in [-0.2, -0.15) is 0 Å². The number of nitrogens with one attached hydrogen (secondary N) is 1. The Balaban J connectivity index is 1.81. The molecule has 0 saturated carbocycles. The Kier molecular flexibility index (Phi) is 7.29. The first kappa shape index (κ1) is 22.3. The summed E-state index contributed by atoms with van der Waals surface area (Å²) >= 11 is 0. The molecule has 0 bridgehead atoms. The van der Waals surface area contributed by atoms with Crippen LogP contribution >= 0.6 is 0 Å². The summed E-state index contributed by atoms with van der Waals surface area (Å²) in [6.45, 7) is 7.77. The summed E-state index contributed by atoms with van der Waals surface area (Å²) in [5.41, 5.74) is 2.08. The Labute approximate surface area is 184 Å². The van der Waals surface area contributed by atoms with E-state index in [1.165, 1.54) is 0 Å². The normalized spacial score (nSPS) is 11.9. The molecule has 2 amide bonds. The van der Waals surface area contributed by atoms with Crippen molar-refractivity contribution in [3.8, 4) is 5.75 Å². The maximum Gasteiger partial charge on any atom is 0.261 e. The Morgan fingerprint density at radius 2 is 1.61 bits per heavy atom. The topological polar surface area (TPSA) is 58.6 Å². The minimum absolute atomic E-state index is 0.00250. The fraction of sp³-hybridized carbons (Fsp3) is 0.308. The van der Waals surface area contributed by atoms with Gasteiger partial charge in [0.25, 0.3) is 5.91 Å². The van der Waals surface area contributed by atoms with Crippen LogP contribution in [0, 0.1) is 6.92 Å². The molecule has 0 radical (unpaired) electrons. The predicted molar refractivity (Wildman–Crippen MR) is 124 cm³/mol. The Morgan fingerprint density at radius 1 is 0.935 bits per heavy atom. The van der Waals surface area contributed by atoms with Crippen LogP contribution in [-0.4, -0.2) is 35.4 Å². The van der Waals surface area contributed by atoms with Crippen molar-refractivity contribution >= 4 is 22.6 Å². The van der Waals surface area contributed by atoms with Crippen molar-refractivity contribution in [1.82, 2.24) is 10.2 Å². The molecule has 5 nitrogen and oxygen atoms in total. The van der Waals surface area contributed by atoms with Gasteiger partial charge in [-0.25, -0.2) is 0 Å². The number of hydrogen-bond acceptors (Lipinski definition) is 3. The molecule has 162 valence electrons. The fourth-order valence-electron chi connectivity index (χ4n) is 3.50. The second-order valence-corrected chi connectivity index (χ2v) is 8.05. The van der Waals surface area contributed by atoms with E-state index in [0.717, 1.165) is 21.9 Å². The molecule has 0 heterocycles. The number of hydrogen-bond donors (Lipinski definition) is 1. The molecule has 5 heteroatoms. The van der Waals surface area contributed by atoms with Crippen molar-refractivity contribution < 1.29 is 14.3 Å². The van der Waals surface area contributed by atoms with Crippen LogP contribution < -0.4 is 10.1 Å². The minimum Gasteiger partial charge on any atom is -0.483 e. The van der Waals surface area contributed by atoms with Crippen LogP contribution in [-0.2, 0) is 16.1 Å². The maximum absolute atomic E-state index is 13.2. The molecule has 0 saturated heterocycles. The smallest absolute Gasteiger partial charge is 0.261 e. The number of ether oxygens (including phenoxy) is 1. The summed E-state index contributed by atoms with van der Waals surface area (Å²) in [4.78, 5) is 27.5. The molecule has 0 aromatic heterocycles. The summed E-state index contributed by atoms with van der Waals surface area (Å²) in [5.74, 6) is 0.242. The monoisotopic (exact) mass is 418 g/mol. The SMILES string of the molecule is Cc1ccccc1CN(C(=O)COc1cccc2ccccc12)[C@H](C)C(=O)NC(C)C. The largest absolute Gasteiger partial charge is 0.483 e. The first-order chi connectivity index (χ1) is 14.9. The number of carbonyl (C=O) groups is 2. The van der Waals surface area contributed by atoms with Gasteiger partial charge in [-0.1, -0.05) is 60.7 Å². The van der Waals surface area contributed by atoms with Gasteiger partial charge in [0.2, 0.25) is 5.91 Å². The number of amides is 2. The third-order valence-electron chi connectivity index (χ3n) is 5.30. The van der Waals surface area contributed by atoms with Gasteiger partial charge in [-0.3, -0.25) is 9.59 Å². The number of rotatable bonds is 8. The zero-order chi connectivity index (χ0) is 22.4. The summed E-state index contributed by atoms with van der Waals surface area (Å²) in [7, 11) is 0. The van der Waals surface area contributed by atoms with Gasteiger partial charge in [0.1, 0.15) is 11.8 Å². The van der Waals surface area contributed by atoms with E-state index >= 15 is 0 Å². The molecule has 0 aliphatic carbocycles. The average Bonchev–Trinajstić information content (AvgIpc) is 2.76. The average molecular weight is 419 g/mol. The van der Waals surface area contributed by atoms with Crippen LogP contribution in [0.2, 0.25) is 0 Å². The van der Waals surface area contributed by atoms with E-state index in [9.17, 15) is 9.59 Å². The highest BCUT2D eigenvalue weighted by Gasteiger charge is 2.27. The van der Waals surface area contributed by atoms with E-state index in [0.29, 0.717) is 12.3 Å². The lowest BCUT2D eigenvalue weighted by molar-refractivity contribution is -0.142. The highest BCUT2D eigenvalue weighted by atomic mass is 16.5. The van der Waals surface area contributed by atoms with Crippen molar-refractivity contribution in [2.24, 2.45) is 0 Å². The Morgan fingerprint density at radius 3 is 2.35 bits per heavy atom. The van der Waals surface area contributed by atoms with Crippen LogP contribution in [0.1, 0.15) is 31.9 Å². The van der Waals surface area contributed by atoms with Gasteiger partial charge in [-0.05, 0) is 50.3 Å². The summed E-state index contributed by atoms with van der Waals surface area (Å²) in [6, 6.07) is 20.9. The van der Waals surface area contributed by atoms with Crippen LogP contribution in [0.5, 0.6) is 5.75 Å². The van der Waals surface area contributed by atoms with Crippen LogP contribution in [0.4, 0.5) is 0 Å². The van der Waals surface area contributed by atoms with E-state index in [-0.39, 0.29) is 24.5 Å². The van der Waals surface area contributed by atoms with Crippen molar-refractivity contribution in [1.29, 1.82) is 0 Å². The van der Waals surface area contributed by atoms with Crippen LogP contribution in [0.25, 0.3) is 10.8 Å².